The maximum atomic E-state index is 12.7. The van der Waals surface area contributed by atoms with Gasteiger partial charge in [0.1, 0.15) is 11.5 Å². The molecule has 0 bridgehead atoms. The predicted octanol–water partition coefficient (Wildman–Crippen LogP) is 2.39. The smallest absolute Gasteiger partial charge is 0.433 e. The number of aryl methyl sites for hydroxylation is 1. The molecule has 0 spiro atoms. The molecule has 0 amide bonds. The number of pyridine rings is 1. The van der Waals surface area contributed by atoms with Gasteiger partial charge in [-0.15, -0.1) is 0 Å². The van der Waals surface area contributed by atoms with Gasteiger partial charge < -0.3 is 10.5 Å². The van der Waals surface area contributed by atoms with Crippen LogP contribution in [0.3, 0.4) is 0 Å². The van der Waals surface area contributed by atoms with Gasteiger partial charge in [0, 0.05) is 6.54 Å². The molecule has 112 valence electrons. The first kappa shape index (κ1) is 14.8. The third-order valence-electron chi connectivity index (χ3n) is 2.59. The Hall–Kier alpha value is -2.58. The van der Waals surface area contributed by atoms with Crippen molar-refractivity contribution < 1.29 is 17.9 Å². The number of nitrogens with one attached hydrogen (secondary N) is 1. The van der Waals surface area contributed by atoms with Gasteiger partial charge in [0.2, 0.25) is 5.88 Å². The number of nitrogens with two attached hydrogens (primary N) is 1. The minimum Gasteiger partial charge on any atom is -0.435 e. The molecule has 0 saturated carbocycles. The van der Waals surface area contributed by atoms with Crippen LogP contribution in [0.15, 0.2) is 24.5 Å². The zero-order chi connectivity index (χ0) is 15.6. The monoisotopic (exact) mass is 299 g/mol. The predicted molar refractivity (Wildman–Crippen MR) is 68.2 cm³/mol. The van der Waals surface area contributed by atoms with Crippen molar-refractivity contribution in [3.8, 4) is 11.6 Å². The summed E-state index contributed by atoms with van der Waals surface area (Å²) >= 11 is 0. The van der Waals surface area contributed by atoms with Crippen molar-refractivity contribution in [1.82, 2.24) is 14.8 Å². The fourth-order valence-electron chi connectivity index (χ4n) is 1.56. The van der Waals surface area contributed by atoms with E-state index in [-0.39, 0.29) is 17.2 Å². The third kappa shape index (κ3) is 3.30. The van der Waals surface area contributed by atoms with Gasteiger partial charge in [-0.3, -0.25) is 10.1 Å². The molecule has 21 heavy (non-hydrogen) atoms. The minimum atomic E-state index is -4.61. The van der Waals surface area contributed by atoms with E-state index in [1.165, 1.54) is 17.1 Å². The standard InChI is InChI=1S/C12H12F3N5O/c1-2-20-6-7(5-18-20)21-11-8(10(16)17)3-4-9(19-11)12(13,14)15/h3-6H,2H2,1H3,(H3,16,17). The van der Waals surface area contributed by atoms with Gasteiger partial charge in [-0.25, -0.2) is 4.98 Å². The fourth-order valence-corrected chi connectivity index (χ4v) is 1.56. The first-order valence-corrected chi connectivity index (χ1v) is 5.94. The highest BCUT2D eigenvalue weighted by atomic mass is 19.4. The number of hydrogen-bond donors (Lipinski definition) is 2. The van der Waals surface area contributed by atoms with Crippen LogP contribution in [0.25, 0.3) is 0 Å². The summed E-state index contributed by atoms with van der Waals surface area (Å²) in [5.41, 5.74) is 4.18. The number of ether oxygens (including phenoxy) is 1. The van der Waals surface area contributed by atoms with E-state index in [0.29, 0.717) is 6.54 Å². The summed E-state index contributed by atoms with van der Waals surface area (Å²) in [6.07, 6.45) is -1.76. The molecule has 0 aliphatic rings. The number of aromatic nitrogens is 3. The van der Waals surface area contributed by atoms with Crippen LogP contribution in [0.2, 0.25) is 0 Å². The highest BCUT2D eigenvalue weighted by molar-refractivity contribution is 5.97. The molecule has 0 saturated heterocycles. The molecule has 0 aromatic carbocycles. The number of alkyl halides is 3. The molecule has 0 aliphatic carbocycles. The molecule has 2 heterocycles. The molecule has 0 aliphatic heterocycles. The average Bonchev–Trinajstić information content (AvgIpc) is 2.85. The Morgan fingerprint density at radius 1 is 1.43 bits per heavy atom. The lowest BCUT2D eigenvalue weighted by Gasteiger charge is -2.11. The van der Waals surface area contributed by atoms with Gasteiger partial charge in [0.25, 0.3) is 0 Å². The van der Waals surface area contributed by atoms with E-state index >= 15 is 0 Å². The molecule has 9 heteroatoms. The van der Waals surface area contributed by atoms with Crippen molar-refractivity contribution >= 4 is 5.84 Å². The largest absolute Gasteiger partial charge is 0.435 e. The second kappa shape index (κ2) is 5.43. The van der Waals surface area contributed by atoms with Crippen LogP contribution in [-0.4, -0.2) is 20.6 Å². The van der Waals surface area contributed by atoms with Crippen molar-refractivity contribution in [2.75, 3.05) is 0 Å². The second-order valence-electron chi connectivity index (χ2n) is 4.09. The Balaban J connectivity index is 2.41. The van der Waals surface area contributed by atoms with Crippen LogP contribution >= 0.6 is 0 Å². The minimum absolute atomic E-state index is 0.0211. The summed E-state index contributed by atoms with van der Waals surface area (Å²) in [6.45, 7) is 2.43. The van der Waals surface area contributed by atoms with Crippen LogP contribution in [0, 0.1) is 5.41 Å². The summed E-state index contributed by atoms with van der Waals surface area (Å²) < 4.78 is 44.8. The number of halogens is 3. The lowest BCUT2D eigenvalue weighted by Crippen LogP contribution is -2.16. The molecule has 0 unspecified atom stereocenters. The Bertz CT molecular complexity index is 665. The van der Waals surface area contributed by atoms with E-state index in [4.69, 9.17) is 15.9 Å². The quantitative estimate of drug-likeness (QED) is 0.670. The van der Waals surface area contributed by atoms with E-state index in [1.807, 2.05) is 6.92 Å². The summed E-state index contributed by atoms with van der Waals surface area (Å²) in [6, 6.07) is 1.80. The Labute approximate surface area is 117 Å². The van der Waals surface area contributed by atoms with Crippen LogP contribution in [0.1, 0.15) is 18.2 Å². The number of rotatable bonds is 4. The van der Waals surface area contributed by atoms with Crippen molar-refractivity contribution in [3.05, 3.63) is 35.8 Å². The summed E-state index contributed by atoms with van der Waals surface area (Å²) in [5, 5.41) is 11.3. The van der Waals surface area contributed by atoms with E-state index in [9.17, 15) is 13.2 Å². The topological polar surface area (TPSA) is 89.8 Å². The van der Waals surface area contributed by atoms with Gasteiger partial charge >= 0.3 is 6.18 Å². The van der Waals surface area contributed by atoms with Crippen molar-refractivity contribution in [2.24, 2.45) is 5.73 Å². The summed E-state index contributed by atoms with van der Waals surface area (Å²) in [4.78, 5) is 3.39. The maximum Gasteiger partial charge on any atom is 0.433 e. The van der Waals surface area contributed by atoms with Crippen molar-refractivity contribution in [1.29, 1.82) is 5.41 Å². The molecule has 0 atom stereocenters. The van der Waals surface area contributed by atoms with E-state index in [0.717, 1.165) is 12.1 Å². The first-order valence-electron chi connectivity index (χ1n) is 5.94. The maximum absolute atomic E-state index is 12.7. The van der Waals surface area contributed by atoms with Gasteiger partial charge in [-0.1, -0.05) is 0 Å². The Kier molecular flexibility index (Phi) is 3.83. The number of hydrogen-bond acceptors (Lipinski definition) is 4. The molecule has 2 aromatic rings. The summed E-state index contributed by atoms with van der Waals surface area (Å²) in [5.74, 6) is -0.603. The molecular weight excluding hydrogens is 287 g/mol. The average molecular weight is 299 g/mol. The molecule has 3 N–H and O–H groups in total. The van der Waals surface area contributed by atoms with Gasteiger partial charge in [-0.2, -0.15) is 18.3 Å². The number of amidine groups is 1. The van der Waals surface area contributed by atoms with E-state index in [2.05, 4.69) is 10.1 Å². The van der Waals surface area contributed by atoms with Crippen LogP contribution in [0.4, 0.5) is 13.2 Å². The number of nitrogens with zero attached hydrogens (tertiary/aromatic N) is 3. The Morgan fingerprint density at radius 2 is 2.14 bits per heavy atom. The third-order valence-corrected chi connectivity index (χ3v) is 2.59. The van der Waals surface area contributed by atoms with Crippen LogP contribution in [-0.2, 0) is 12.7 Å². The van der Waals surface area contributed by atoms with E-state index < -0.39 is 17.7 Å². The molecule has 2 aromatic heterocycles. The van der Waals surface area contributed by atoms with Gasteiger partial charge in [-0.05, 0) is 19.1 Å². The zero-order valence-corrected chi connectivity index (χ0v) is 11.0. The first-order chi connectivity index (χ1) is 9.81. The SMILES string of the molecule is CCn1cc(Oc2nc(C(F)(F)F)ccc2C(=N)N)cn1. The number of nitrogen functional groups attached to an aromatic ring is 1. The molecule has 6 nitrogen and oxygen atoms in total. The normalized spacial score (nSPS) is 11.4. The fraction of sp³-hybridized carbons (Fsp3) is 0.250. The Morgan fingerprint density at radius 3 is 2.67 bits per heavy atom. The molecule has 0 radical (unpaired) electrons. The summed E-state index contributed by atoms with van der Waals surface area (Å²) in [7, 11) is 0. The highest BCUT2D eigenvalue weighted by Crippen LogP contribution is 2.31. The van der Waals surface area contributed by atoms with Gasteiger partial charge in [0.15, 0.2) is 5.75 Å². The lowest BCUT2D eigenvalue weighted by molar-refractivity contribution is -0.141. The highest BCUT2D eigenvalue weighted by Gasteiger charge is 2.33. The zero-order valence-electron chi connectivity index (χ0n) is 11.0. The van der Waals surface area contributed by atoms with Crippen LogP contribution < -0.4 is 10.5 Å². The molecule has 0 fully saturated rings. The van der Waals surface area contributed by atoms with E-state index in [1.54, 1.807) is 0 Å². The van der Waals surface area contributed by atoms with Gasteiger partial charge in [0.05, 0.1) is 18.0 Å². The second-order valence-corrected chi connectivity index (χ2v) is 4.09. The molecule has 2 rings (SSSR count). The van der Waals surface area contributed by atoms with Crippen LogP contribution in [0.5, 0.6) is 11.6 Å². The lowest BCUT2D eigenvalue weighted by atomic mass is 10.2. The molecular formula is C12H12F3N5O. The van der Waals surface area contributed by atoms with Crippen molar-refractivity contribution in [2.45, 2.75) is 19.6 Å². The van der Waals surface area contributed by atoms with Crippen molar-refractivity contribution in [3.63, 3.8) is 0 Å².